The van der Waals surface area contributed by atoms with Gasteiger partial charge in [0.15, 0.2) is 0 Å². The Kier molecular flexibility index (Phi) is 5.37. The Morgan fingerprint density at radius 2 is 1.71 bits per heavy atom. The summed E-state index contributed by atoms with van der Waals surface area (Å²) in [6.45, 7) is 4.23. The quantitative estimate of drug-likeness (QED) is 0.789. The van der Waals surface area contributed by atoms with Gasteiger partial charge in [0.2, 0.25) is 17.7 Å². The maximum atomic E-state index is 11.8. The highest BCUT2D eigenvalue weighted by Gasteiger charge is 2.36. The van der Waals surface area contributed by atoms with Crippen LogP contribution < -0.4 is 5.32 Å². The van der Waals surface area contributed by atoms with Crippen molar-refractivity contribution in [3.63, 3.8) is 0 Å². The average molecular weight is 294 g/mol. The summed E-state index contributed by atoms with van der Waals surface area (Å²) in [5.74, 6) is 0.619. The molecule has 0 aromatic rings. The van der Waals surface area contributed by atoms with Crippen molar-refractivity contribution in [3.05, 3.63) is 0 Å². The van der Waals surface area contributed by atoms with E-state index in [2.05, 4.69) is 19.2 Å². The van der Waals surface area contributed by atoms with Gasteiger partial charge in [-0.3, -0.25) is 19.3 Å². The van der Waals surface area contributed by atoms with E-state index >= 15 is 0 Å². The number of hydrogen-bond acceptors (Lipinski definition) is 3. The second-order valence-electron chi connectivity index (χ2n) is 6.66. The highest BCUT2D eigenvalue weighted by atomic mass is 16.2. The Morgan fingerprint density at radius 1 is 1.14 bits per heavy atom. The fourth-order valence-corrected chi connectivity index (χ4v) is 3.20. The van der Waals surface area contributed by atoms with Gasteiger partial charge in [-0.25, -0.2) is 0 Å². The standard InChI is InChI=1S/C16H26N2O3/c1-11(2)3-8-14(19)17-12-4-6-13(7-5-12)18-15(20)9-10-16(18)21/h11-13H,3-10H2,1-2H3,(H,17,19). The van der Waals surface area contributed by atoms with Crippen molar-refractivity contribution in [1.82, 2.24) is 10.2 Å². The number of carbonyl (C=O) groups excluding carboxylic acids is 3. The molecule has 3 amide bonds. The van der Waals surface area contributed by atoms with Crippen LogP contribution in [0.1, 0.15) is 65.2 Å². The van der Waals surface area contributed by atoms with Crippen LogP contribution >= 0.6 is 0 Å². The lowest BCUT2D eigenvalue weighted by Gasteiger charge is -2.33. The normalized spacial score (nSPS) is 26.5. The predicted molar refractivity (Wildman–Crippen MR) is 79.3 cm³/mol. The monoisotopic (exact) mass is 294 g/mol. The number of likely N-dealkylation sites (tertiary alicyclic amines) is 1. The van der Waals surface area contributed by atoms with E-state index in [1.165, 1.54) is 4.90 Å². The SMILES string of the molecule is CC(C)CCC(=O)NC1CCC(N2C(=O)CCC2=O)CC1. The minimum Gasteiger partial charge on any atom is -0.353 e. The lowest BCUT2D eigenvalue weighted by molar-refractivity contribution is -0.142. The van der Waals surface area contributed by atoms with Gasteiger partial charge in [-0.2, -0.15) is 0 Å². The summed E-state index contributed by atoms with van der Waals surface area (Å²) in [5, 5.41) is 3.08. The molecule has 118 valence electrons. The Bertz CT molecular complexity index is 396. The third-order valence-electron chi connectivity index (χ3n) is 4.47. The van der Waals surface area contributed by atoms with Crippen molar-refractivity contribution < 1.29 is 14.4 Å². The first kappa shape index (κ1) is 16.0. The fourth-order valence-electron chi connectivity index (χ4n) is 3.20. The van der Waals surface area contributed by atoms with E-state index in [-0.39, 0.29) is 29.8 Å². The molecule has 1 aliphatic carbocycles. The highest BCUT2D eigenvalue weighted by molar-refractivity contribution is 6.02. The van der Waals surface area contributed by atoms with Crippen LogP contribution in [0.25, 0.3) is 0 Å². The summed E-state index contributed by atoms with van der Waals surface area (Å²) in [7, 11) is 0. The topological polar surface area (TPSA) is 66.5 Å². The Morgan fingerprint density at radius 3 is 2.24 bits per heavy atom. The van der Waals surface area contributed by atoms with Crippen molar-refractivity contribution in [1.29, 1.82) is 0 Å². The van der Waals surface area contributed by atoms with Crippen molar-refractivity contribution >= 4 is 17.7 Å². The molecule has 5 heteroatoms. The van der Waals surface area contributed by atoms with Crippen LogP contribution in [-0.2, 0) is 14.4 Å². The summed E-state index contributed by atoms with van der Waals surface area (Å²) in [6, 6.07) is 0.255. The maximum Gasteiger partial charge on any atom is 0.229 e. The summed E-state index contributed by atoms with van der Waals surface area (Å²) in [4.78, 5) is 36.8. The van der Waals surface area contributed by atoms with Gasteiger partial charge in [0.25, 0.3) is 0 Å². The third-order valence-corrected chi connectivity index (χ3v) is 4.47. The van der Waals surface area contributed by atoms with E-state index in [0.29, 0.717) is 25.2 Å². The lowest BCUT2D eigenvalue weighted by Crippen LogP contribution is -2.45. The summed E-state index contributed by atoms with van der Waals surface area (Å²) < 4.78 is 0. The highest BCUT2D eigenvalue weighted by Crippen LogP contribution is 2.27. The van der Waals surface area contributed by atoms with Crippen molar-refractivity contribution in [2.75, 3.05) is 0 Å². The molecule has 1 heterocycles. The molecular formula is C16H26N2O3. The Balaban J connectivity index is 1.74. The van der Waals surface area contributed by atoms with Crippen LogP contribution in [0.4, 0.5) is 0 Å². The fraction of sp³-hybridized carbons (Fsp3) is 0.812. The van der Waals surface area contributed by atoms with E-state index in [9.17, 15) is 14.4 Å². The van der Waals surface area contributed by atoms with E-state index in [0.717, 1.165) is 32.1 Å². The van der Waals surface area contributed by atoms with Crippen LogP contribution in [0, 0.1) is 5.92 Å². The van der Waals surface area contributed by atoms with Crippen LogP contribution in [0.3, 0.4) is 0 Å². The number of nitrogens with zero attached hydrogens (tertiary/aromatic N) is 1. The van der Waals surface area contributed by atoms with Gasteiger partial charge in [-0.1, -0.05) is 13.8 Å². The van der Waals surface area contributed by atoms with Crippen molar-refractivity contribution in [3.8, 4) is 0 Å². The molecule has 0 spiro atoms. The second kappa shape index (κ2) is 7.05. The third kappa shape index (κ3) is 4.29. The van der Waals surface area contributed by atoms with Gasteiger partial charge in [0.05, 0.1) is 0 Å². The molecule has 0 atom stereocenters. The van der Waals surface area contributed by atoms with Gasteiger partial charge in [0.1, 0.15) is 0 Å². The lowest BCUT2D eigenvalue weighted by atomic mass is 9.90. The second-order valence-corrected chi connectivity index (χ2v) is 6.66. The molecular weight excluding hydrogens is 268 g/mol. The smallest absolute Gasteiger partial charge is 0.229 e. The van der Waals surface area contributed by atoms with Crippen LogP contribution in [0.5, 0.6) is 0 Å². The van der Waals surface area contributed by atoms with Crippen molar-refractivity contribution in [2.24, 2.45) is 5.92 Å². The van der Waals surface area contributed by atoms with E-state index in [1.54, 1.807) is 0 Å². The van der Waals surface area contributed by atoms with Gasteiger partial charge in [-0.05, 0) is 38.0 Å². The maximum absolute atomic E-state index is 11.8. The van der Waals surface area contributed by atoms with Gasteiger partial charge in [-0.15, -0.1) is 0 Å². The zero-order chi connectivity index (χ0) is 15.4. The predicted octanol–water partition coefficient (Wildman–Crippen LogP) is 2.00. The van der Waals surface area contributed by atoms with E-state index in [1.807, 2.05) is 0 Å². The molecule has 1 N–H and O–H groups in total. The number of amides is 3. The number of imide groups is 1. The summed E-state index contributed by atoms with van der Waals surface area (Å²) in [5.41, 5.74) is 0. The molecule has 1 saturated heterocycles. The zero-order valence-electron chi connectivity index (χ0n) is 13.1. The molecule has 0 unspecified atom stereocenters. The molecule has 2 rings (SSSR count). The Hall–Kier alpha value is -1.39. The molecule has 0 bridgehead atoms. The molecule has 5 nitrogen and oxygen atoms in total. The molecule has 2 fully saturated rings. The minimum atomic E-state index is -0.0237. The number of rotatable bonds is 5. The van der Waals surface area contributed by atoms with Gasteiger partial charge in [0, 0.05) is 31.3 Å². The van der Waals surface area contributed by atoms with Gasteiger partial charge >= 0.3 is 0 Å². The first-order valence-electron chi connectivity index (χ1n) is 8.11. The molecule has 0 aromatic heterocycles. The molecule has 0 radical (unpaired) electrons. The van der Waals surface area contributed by atoms with E-state index < -0.39 is 0 Å². The first-order chi connectivity index (χ1) is 9.97. The Labute approximate surface area is 126 Å². The molecule has 2 aliphatic rings. The minimum absolute atomic E-state index is 0.0237. The molecule has 21 heavy (non-hydrogen) atoms. The number of carbonyl (C=O) groups is 3. The van der Waals surface area contributed by atoms with E-state index in [4.69, 9.17) is 0 Å². The molecule has 1 aliphatic heterocycles. The van der Waals surface area contributed by atoms with Crippen LogP contribution in [0.15, 0.2) is 0 Å². The average Bonchev–Trinajstić information content (AvgIpc) is 2.77. The van der Waals surface area contributed by atoms with Crippen molar-refractivity contribution in [2.45, 2.75) is 77.3 Å². The largest absolute Gasteiger partial charge is 0.353 e. The first-order valence-corrected chi connectivity index (χ1v) is 8.11. The van der Waals surface area contributed by atoms with Gasteiger partial charge < -0.3 is 5.32 Å². The van der Waals surface area contributed by atoms with Crippen LogP contribution in [0.2, 0.25) is 0 Å². The number of hydrogen-bond donors (Lipinski definition) is 1. The zero-order valence-corrected chi connectivity index (χ0v) is 13.1. The molecule has 1 saturated carbocycles. The number of nitrogens with one attached hydrogen (secondary N) is 1. The summed E-state index contributed by atoms with van der Waals surface area (Å²) >= 11 is 0. The summed E-state index contributed by atoms with van der Waals surface area (Å²) in [6.07, 6.45) is 5.57. The molecule has 0 aromatic carbocycles. The van der Waals surface area contributed by atoms with Crippen LogP contribution in [-0.4, -0.2) is 34.7 Å².